The number of aliphatic imine (C=N–C) groups is 1. The van der Waals surface area contributed by atoms with Crippen molar-refractivity contribution in [3.05, 3.63) is 18.5 Å². The van der Waals surface area contributed by atoms with Crippen LogP contribution in [-0.4, -0.2) is 57.8 Å². The Morgan fingerprint density at radius 2 is 2.26 bits per heavy atom. The Morgan fingerprint density at radius 1 is 1.43 bits per heavy atom. The number of hydrogen-bond acceptors (Lipinski definition) is 3. The van der Waals surface area contributed by atoms with E-state index < -0.39 is 0 Å². The van der Waals surface area contributed by atoms with Crippen molar-refractivity contribution in [2.75, 3.05) is 31.9 Å². The van der Waals surface area contributed by atoms with Gasteiger partial charge < -0.3 is 10.2 Å². The molecule has 6 heteroatoms. The summed E-state index contributed by atoms with van der Waals surface area (Å²) in [5.74, 6) is 3.45. The zero-order chi connectivity index (χ0) is 16.7. The van der Waals surface area contributed by atoms with Gasteiger partial charge in [-0.3, -0.25) is 9.67 Å². The average molecular weight is 338 g/mol. The minimum Gasteiger partial charge on any atom is -0.357 e. The predicted molar refractivity (Wildman–Crippen MR) is 100 cm³/mol. The summed E-state index contributed by atoms with van der Waals surface area (Å²) in [6, 6.07) is 1.97. The van der Waals surface area contributed by atoms with E-state index in [2.05, 4.69) is 54.8 Å². The fourth-order valence-corrected chi connectivity index (χ4v) is 4.02. The van der Waals surface area contributed by atoms with Crippen molar-refractivity contribution in [1.29, 1.82) is 0 Å². The van der Waals surface area contributed by atoms with E-state index >= 15 is 0 Å². The zero-order valence-electron chi connectivity index (χ0n) is 14.9. The molecule has 0 aliphatic carbocycles. The van der Waals surface area contributed by atoms with Crippen molar-refractivity contribution in [2.24, 2.45) is 16.8 Å². The van der Waals surface area contributed by atoms with Crippen LogP contribution in [0.4, 0.5) is 0 Å². The molecule has 0 aromatic carbocycles. The lowest BCUT2D eigenvalue weighted by Gasteiger charge is -2.36. The van der Waals surface area contributed by atoms with Gasteiger partial charge in [0, 0.05) is 56.1 Å². The molecular formula is C17H31N5S. The molecule has 1 saturated heterocycles. The van der Waals surface area contributed by atoms with Crippen molar-refractivity contribution in [3.8, 4) is 0 Å². The Balaban J connectivity index is 1.93. The second-order valence-electron chi connectivity index (χ2n) is 6.63. The van der Waals surface area contributed by atoms with Crippen LogP contribution in [0.5, 0.6) is 0 Å². The van der Waals surface area contributed by atoms with Gasteiger partial charge in [-0.15, -0.1) is 0 Å². The van der Waals surface area contributed by atoms with Gasteiger partial charge >= 0.3 is 0 Å². The average Bonchev–Trinajstić information content (AvgIpc) is 3.04. The van der Waals surface area contributed by atoms with Gasteiger partial charge in [0.05, 0.1) is 0 Å². The summed E-state index contributed by atoms with van der Waals surface area (Å²) in [5, 5.41) is 8.45. The van der Waals surface area contributed by atoms with E-state index in [1.807, 2.05) is 23.1 Å². The first-order valence-corrected chi connectivity index (χ1v) is 9.77. The lowest BCUT2D eigenvalue weighted by atomic mass is 10.1. The fraction of sp³-hybridized carbons (Fsp3) is 0.765. The molecule has 2 unspecified atom stereocenters. The summed E-state index contributed by atoms with van der Waals surface area (Å²) in [7, 11) is 0. The van der Waals surface area contributed by atoms with E-state index in [9.17, 15) is 0 Å². The summed E-state index contributed by atoms with van der Waals surface area (Å²) in [5.41, 5.74) is 0. The monoisotopic (exact) mass is 337 g/mol. The van der Waals surface area contributed by atoms with Gasteiger partial charge in [-0.2, -0.15) is 16.9 Å². The van der Waals surface area contributed by atoms with E-state index in [-0.39, 0.29) is 0 Å². The van der Waals surface area contributed by atoms with Crippen LogP contribution in [0.25, 0.3) is 0 Å². The van der Waals surface area contributed by atoms with Gasteiger partial charge in [-0.05, 0) is 24.8 Å². The standard InChI is InChI=1S/C17H31N5S/c1-5-18-17(21-9-10-23-16(13-21)14(2)3)19-11-15(4)12-22-8-6-7-20-22/h6-8,14-16H,5,9-13H2,1-4H3,(H,18,19). The van der Waals surface area contributed by atoms with Crippen molar-refractivity contribution in [3.63, 3.8) is 0 Å². The molecule has 2 heterocycles. The summed E-state index contributed by atoms with van der Waals surface area (Å²) < 4.78 is 1.99. The zero-order valence-corrected chi connectivity index (χ0v) is 15.7. The lowest BCUT2D eigenvalue weighted by molar-refractivity contribution is 0.377. The number of aromatic nitrogens is 2. The maximum atomic E-state index is 4.89. The summed E-state index contributed by atoms with van der Waals surface area (Å²) in [6.07, 6.45) is 3.85. The molecule has 1 aromatic rings. The predicted octanol–water partition coefficient (Wildman–Crippen LogP) is 2.56. The van der Waals surface area contributed by atoms with Gasteiger partial charge in [0.1, 0.15) is 0 Å². The van der Waals surface area contributed by atoms with Crippen LogP contribution in [0.1, 0.15) is 27.7 Å². The quantitative estimate of drug-likeness (QED) is 0.640. The molecule has 0 bridgehead atoms. The molecule has 1 N–H and O–H groups in total. The van der Waals surface area contributed by atoms with Crippen LogP contribution in [0.3, 0.4) is 0 Å². The van der Waals surface area contributed by atoms with Gasteiger partial charge in [-0.25, -0.2) is 0 Å². The third-order valence-electron chi connectivity index (χ3n) is 4.08. The van der Waals surface area contributed by atoms with Crippen molar-refractivity contribution < 1.29 is 0 Å². The number of rotatable bonds is 6. The minimum absolute atomic E-state index is 0.476. The molecule has 0 amide bonds. The molecule has 0 saturated carbocycles. The lowest BCUT2D eigenvalue weighted by Crippen LogP contribution is -2.49. The first kappa shape index (κ1) is 18.2. The SMILES string of the molecule is CCNC(=NCC(C)Cn1cccn1)N1CCSC(C(C)C)C1. The van der Waals surface area contributed by atoms with E-state index in [0.717, 1.165) is 38.7 Å². The Kier molecular flexibility index (Phi) is 7.27. The third-order valence-corrected chi connectivity index (χ3v) is 5.62. The Bertz CT molecular complexity index is 471. The topological polar surface area (TPSA) is 45.5 Å². The molecule has 2 rings (SSSR count). The maximum Gasteiger partial charge on any atom is 0.193 e. The van der Waals surface area contributed by atoms with Crippen LogP contribution in [-0.2, 0) is 6.54 Å². The van der Waals surface area contributed by atoms with Crippen LogP contribution in [0.15, 0.2) is 23.5 Å². The largest absolute Gasteiger partial charge is 0.357 e. The van der Waals surface area contributed by atoms with Gasteiger partial charge in [0.15, 0.2) is 5.96 Å². The molecule has 1 fully saturated rings. The normalized spacial score (nSPS) is 20.8. The number of hydrogen-bond donors (Lipinski definition) is 1. The molecule has 1 aliphatic rings. The molecule has 23 heavy (non-hydrogen) atoms. The highest BCUT2D eigenvalue weighted by Gasteiger charge is 2.24. The third kappa shape index (κ3) is 5.75. The highest BCUT2D eigenvalue weighted by Crippen LogP contribution is 2.24. The molecule has 130 valence electrons. The maximum absolute atomic E-state index is 4.89. The van der Waals surface area contributed by atoms with Crippen molar-refractivity contribution >= 4 is 17.7 Å². The molecule has 0 radical (unpaired) electrons. The van der Waals surface area contributed by atoms with E-state index in [0.29, 0.717) is 17.1 Å². The fourth-order valence-electron chi connectivity index (χ4n) is 2.72. The van der Waals surface area contributed by atoms with Gasteiger partial charge in [-0.1, -0.05) is 20.8 Å². The van der Waals surface area contributed by atoms with Crippen molar-refractivity contribution in [2.45, 2.75) is 39.5 Å². The summed E-state index contributed by atoms with van der Waals surface area (Å²) >= 11 is 2.10. The first-order chi connectivity index (χ1) is 11.1. The van der Waals surface area contributed by atoms with Gasteiger partial charge in [0.25, 0.3) is 0 Å². The van der Waals surface area contributed by atoms with Crippen LogP contribution in [0, 0.1) is 11.8 Å². The molecule has 1 aliphatic heterocycles. The Morgan fingerprint density at radius 3 is 2.91 bits per heavy atom. The second-order valence-corrected chi connectivity index (χ2v) is 7.97. The van der Waals surface area contributed by atoms with Crippen molar-refractivity contribution in [1.82, 2.24) is 20.0 Å². The number of nitrogens with zero attached hydrogens (tertiary/aromatic N) is 4. The number of thioether (sulfide) groups is 1. The molecule has 0 spiro atoms. The molecular weight excluding hydrogens is 306 g/mol. The van der Waals surface area contributed by atoms with E-state index in [4.69, 9.17) is 4.99 Å². The Hall–Kier alpha value is -1.17. The van der Waals surface area contributed by atoms with E-state index in [1.54, 1.807) is 0 Å². The smallest absolute Gasteiger partial charge is 0.193 e. The first-order valence-electron chi connectivity index (χ1n) is 8.72. The Labute approximate surface area is 144 Å². The minimum atomic E-state index is 0.476. The summed E-state index contributed by atoms with van der Waals surface area (Å²) in [4.78, 5) is 7.33. The molecule has 1 aromatic heterocycles. The van der Waals surface area contributed by atoms with Crippen LogP contribution >= 0.6 is 11.8 Å². The molecule has 5 nitrogen and oxygen atoms in total. The van der Waals surface area contributed by atoms with E-state index in [1.165, 1.54) is 5.75 Å². The summed E-state index contributed by atoms with van der Waals surface area (Å²) in [6.45, 7) is 13.9. The highest BCUT2D eigenvalue weighted by atomic mass is 32.2. The second kappa shape index (κ2) is 9.21. The number of guanidine groups is 1. The highest BCUT2D eigenvalue weighted by molar-refractivity contribution is 8.00. The number of nitrogens with one attached hydrogen (secondary N) is 1. The van der Waals surface area contributed by atoms with Crippen LogP contribution in [0.2, 0.25) is 0 Å². The van der Waals surface area contributed by atoms with Crippen LogP contribution < -0.4 is 5.32 Å². The molecule has 2 atom stereocenters. The van der Waals surface area contributed by atoms with Gasteiger partial charge in [0.2, 0.25) is 0 Å².